The van der Waals surface area contributed by atoms with Crippen molar-refractivity contribution in [3.8, 4) is 0 Å². The quantitative estimate of drug-likeness (QED) is 0.718. The number of rotatable bonds is 7. The Morgan fingerprint density at radius 1 is 1.33 bits per heavy atom. The van der Waals surface area contributed by atoms with Gasteiger partial charge in [-0.05, 0) is 12.0 Å². The summed E-state index contributed by atoms with van der Waals surface area (Å²) in [4.78, 5) is 20.8. The van der Waals surface area contributed by atoms with Crippen LogP contribution in [0.25, 0.3) is 0 Å². The minimum atomic E-state index is -0.0303. The molecule has 1 aromatic rings. The van der Waals surface area contributed by atoms with E-state index < -0.39 is 0 Å². The van der Waals surface area contributed by atoms with Gasteiger partial charge in [0.05, 0.1) is 17.6 Å². The van der Waals surface area contributed by atoms with Crippen LogP contribution >= 0.6 is 23.5 Å². The van der Waals surface area contributed by atoms with Crippen LogP contribution in [0.4, 0.5) is 0 Å². The number of carbonyl (C=O) groups excluding carboxylic acids is 1. The summed E-state index contributed by atoms with van der Waals surface area (Å²) in [6.07, 6.45) is 3.66. The Balaban J connectivity index is 2.98. The summed E-state index contributed by atoms with van der Waals surface area (Å²) in [5, 5.41) is 0. The van der Waals surface area contributed by atoms with Crippen molar-refractivity contribution >= 4 is 29.3 Å². The molecule has 0 N–H and O–H groups in total. The molecule has 0 aromatic carbocycles. The predicted molar refractivity (Wildman–Crippen MR) is 80.3 cm³/mol. The first-order chi connectivity index (χ1) is 8.60. The molecular formula is C13H20N2OS2. The van der Waals surface area contributed by atoms with Gasteiger partial charge in [0.2, 0.25) is 0 Å². The lowest BCUT2D eigenvalue weighted by atomic mass is 10.1. The van der Waals surface area contributed by atoms with E-state index in [0.717, 1.165) is 28.6 Å². The molecule has 0 spiro atoms. The highest BCUT2D eigenvalue weighted by Gasteiger charge is 2.15. The fraction of sp³-hybridized carbons (Fsp3) is 0.615. The number of nitrogens with zero attached hydrogens (tertiary/aromatic N) is 2. The molecule has 100 valence electrons. The van der Waals surface area contributed by atoms with E-state index in [4.69, 9.17) is 0 Å². The maximum Gasteiger partial charge on any atom is 0.185 e. The van der Waals surface area contributed by atoms with Crippen molar-refractivity contribution in [3.63, 3.8) is 0 Å². The summed E-state index contributed by atoms with van der Waals surface area (Å²) < 4.78 is 0. The Labute approximate surface area is 118 Å². The smallest absolute Gasteiger partial charge is 0.185 e. The van der Waals surface area contributed by atoms with Crippen LogP contribution in [0.2, 0.25) is 0 Å². The summed E-state index contributed by atoms with van der Waals surface area (Å²) >= 11 is 3.53. The molecule has 1 aromatic heterocycles. The van der Waals surface area contributed by atoms with Crippen molar-refractivity contribution in [2.45, 2.75) is 32.3 Å². The monoisotopic (exact) mass is 284 g/mol. The third-order valence-electron chi connectivity index (χ3n) is 2.43. The Kier molecular flexibility index (Phi) is 6.71. The van der Waals surface area contributed by atoms with E-state index in [-0.39, 0.29) is 11.7 Å². The van der Waals surface area contributed by atoms with Gasteiger partial charge in [-0.1, -0.05) is 20.8 Å². The molecule has 0 aliphatic heterocycles. The number of ketones is 1. The summed E-state index contributed by atoms with van der Waals surface area (Å²) in [6, 6.07) is 0. The molecule has 5 heteroatoms. The molecule has 0 radical (unpaired) electrons. The zero-order valence-electron chi connectivity index (χ0n) is 11.4. The molecule has 0 amide bonds. The molecule has 18 heavy (non-hydrogen) atoms. The average molecular weight is 284 g/mol. The third kappa shape index (κ3) is 4.28. The van der Waals surface area contributed by atoms with Gasteiger partial charge in [0, 0.05) is 17.4 Å². The number of carbonyl (C=O) groups is 1. The van der Waals surface area contributed by atoms with Crippen LogP contribution in [-0.4, -0.2) is 27.8 Å². The van der Waals surface area contributed by atoms with Crippen molar-refractivity contribution in [1.29, 1.82) is 0 Å². The van der Waals surface area contributed by atoms with Crippen LogP contribution in [0.1, 0.15) is 42.6 Å². The van der Waals surface area contributed by atoms with Gasteiger partial charge in [-0.3, -0.25) is 9.78 Å². The van der Waals surface area contributed by atoms with Crippen LogP contribution < -0.4 is 0 Å². The molecule has 0 bridgehead atoms. The fourth-order valence-corrected chi connectivity index (χ4v) is 2.58. The van der Waals surface area contributed by atoms with Crippen molar-refractivity contribution in [2.75, 3.05) is 12.0 Å². The molecule has 0 saturated heterocycles. The van der Waals surface area contributed by atoms with Crippen LogP contribution in [0, 0.1) is 5.92 Å². The highest BCUT2D eigenvalue weighted by Crippen LogP contribution is 2.18. The fourth-order valence-electron chi connectivity index (χ4n) is 1.44. The normalized spacial score (nSPS) is 10.9. The SMILES string of the molecule is CCSCc1ncc(C(=O)C(C)C)nc1CSC. The van der Waals surface area contributed by atoms with E-state index in [2.05, 4.69) is 16.9 Å². The van der Waals surface area contributed by atoms with Crippen molar-refractivity contribution in [1.82, 2.24) is 9.97 Å². The molecule has 3 nitrogen and oxygen atoms in total. The molecule has 1 heterocycles. The number of Topliss-reactive ketones (excluding diaryl/α,β-unsaturated/α-hetero) is 1. The molecular weight excluding hydrogens is 264 g/mol. The van der Waals surface area contributed by atoms with Crippen LogP contribution in [-0.2, 0) is 11.5 Å². The Bertz CT molecular complexity index is 408. The first kappa shape index (κ1) is 15.5. The summed E-state index contributed by atoms with van der Waals surface area (Å²) in [7, 11) is 0. The molecule has 0 saturated carbocycles. The Hall–Kier alpha value is -0.550. The van der Waals surface area contributed by atoms with Gasteiger partial charge in [0.15, 0.2) is 5.78 Å². The molecule has 0 aliphatic rings. The zero-order valence-corrected chi connectivity index (χ0v) is 13.0. The second kappa shape index (κ2) is 7.79. The Morgan fingerprint density at radius 3 is 2.61 bits per heavy atom. The molecule has 0 unspecified atom stereocenters. The lowest BCUT2D eigenvalue weighted by Gasteiger charge is -2.09. The molecule has 0 fully saturated rings. The lowest BCUT2D eigenvalue weighted by molar-refractivity contribution is 0.0933. The van der Waals surface area contributed by atoms with Crippen molar-refractivity contribution in [2.24, 2.45) is 5.92 Å². The highest BCUT2D eigenvalue weighted by molar-refractivity contribution is 7.98. The molecule has 0 aliphatic carbocycles. The van der Waals surface area contributed by atoms with Crippen LogP contribution in [0.3, 0.4) is 0 Å². The molecule has 1 rings (SSSR count). The van der Waals surface area contributed by atoms with Crippen molar-refractivity contribution in [3.05, 3.63) is 23.3 Å². The summed E-state index contributed by atoms with van der Waals surface area (Å²) in [5.74, 6) is 2.78. The van der Waals surface area contributed by atoms with Gasteiger partial charge >= 0.3 is 0 Å². The molecule has 0 atom stereocenters. The number of aromatic nitrogens is 2. The zero-order chi connectivity index (χ0) is 13.5. The first-order valence-corrected chi connectivity index (χ1v) is 8.60. The van der Waals surface area contributed by atoms with Gasteiger partial charge in [-0.25, -0.2) is 4.98 Å². The number of thioether (sulfide) groups is 2. The van der Waals surface area contributed by atoms with Gasteiger partial charge in [0.1, 0.15) is 5.69 Å². The van der Waals surface area contributed by atoms with Crippen molar-refractivity contribution < 1.29 is 4.79 Å². The van der Waals surface area contributed by atoms with Gasteiger partial charge in [-0.2, -0.15) is 23.5 Å². The average Bonchev–Trinajstić information content (AvgIpc) is 2.36. The van der Waals surface area contributed by atoms with E-state index in [1.165, 1.54) is 0 Å². The minimum Gasteiger partial charge on any atom is -0.292 e. The standard InChI is InChI=1S/C13H20N2OS2/c1-5-18-8-11-12(7-17-4)15-10(6-14-11)13(16)9(2)3/h6,9H,5,7-8H2,1-4H3. The second-order valence-electron chi connectivity index (χ2n) is 4.24. The van der Waals surface area contributed by atoms with Gasteiger partial charge in [0.25, 0.3) is 0 Å². The summed E-state index contributed by atoms with van der Waals surface area (Å²) in [5.41, 5.74) is 2.46. The van der Waals surface area contributed by atoms with E-state index in [9.17, 15) is 4.79 Å². The Morgan fingerprint density at radius 2 is 2.06 bits per heavy atom. The third-order valence-corrected chi connectivity index (χ3v) is 3.88. The van der Waals surface area contributed by atoms with E-state index >= 15 is 0 Å². The maximum atomic E-state index is 11.9. The number of hydrogen-bond donors (Lipinski definition) is 0. The van der Waals surface area contributed by atoms with E-state index in [1.54, 1.807) is 18.0 Å². The topological polar surface area (TPSA) is 42.9 Å². The van der Waals surface area contributed by atoms with Gasteiger partial charge < -0.3 is 0 Å². The van der Waals surface area contributed by atoms with Crippen LogP contribution in [0.5, 0.6) is 0 Å². The highest BCUT2D eigenvalue weighted by atomic mass is 32.2. The predicted octanol–water partition coefficient (Wildman–Crippen LogP) is 3.43. The van der Waals surface area contributed by atoms with Crippen LogP contribution in [0.15, 0.2) is 6.20 Å². The van der Waals surface area contributed by atoms with Gasteiger partial charge in [-0.15, -0.1) is 0 Å². The maximum absolute atomic E-state index is 11.9. The first-order valence-electron chi connectivity index (χ1n) is 6.05. The largest absolute Gasteiger partial charge is 0.292 e. The summed E-state index contributed by atoms with van der Waals surface area (Å²) in [6.45, 7) is 5.90. The van der Waals surface area contributed by atoms with E-state index in [1.807, 2.05) is 31.9 Å². The number of hydrogen-bond acceptors (Lipinski definition) is 5. The second-order valence-corrected chi connectivity index (χ2v) is 6.38. The lowest BCUT2D eigenvalue weighted by Crippen LogP contribution is -2.13. The minimum absolute atomic E-state index is 0.0303. The van der Waals surface area contributed by atoms with E-state index in [0.29, 0.717) is 5.69 Å².